The smallest absolute Gasteiger partial charge is 0.339 e. The molecule has 2 heterocycles. The summed E-state index contributed by atoms with van der Waals surface area (Å²) in [4.78, 5) is 40.3. The fraction of sp³-hybridized carbons (Fsp3) is 0.130. The second kappa shape index (κ2) is 9.28. The highest BCUT2D eigenvalue weighted by atomic mass is 35.5. The van der Waals surface area contributed by atoms with E-state index in [1.807, 2.05) is 30.3 Å². The zero-order valence-electron chi connectivity index (χ0n) is 18.1. The molecule has 0 aliphatic rings. The van der Waals surface area contributed by atoms with E-state index in [0.29, 0.717) is 22.4 Å². The van der Waals surface area contributed by atoms with Gasteiger partial charge in [-0.15, -0.1) is 0 Å². The van der Waals surface area contributed by atoms with E-state index < -0.39 is 23.4 Å². The number of hydrogen-bond donors (Lipinski definition) is 1. The number of anilines is 1. The molecule has 0 unspecified atom stereocenters. The highest BCUT2D eigenvalue weighted by molar-refractivity contribution is 6.33. The van der Waals surface area contributed by atoms with Gasteiger partial charge in [0.15, 0.2) is 12.3 Å². The van der Waals surface area contributed by atoms with E-state index in [1.54, 1.807) is 24.7 Å². The Hall–Kier alpha value is -4.31. The molecule has 34 heavy (non-hydrogen) atoms. The Bertz CT molecular complexity index is 1430. The number of pyridine rings is 1. The molecule has 0 atom stereocenters. The lowest BCUT2D eigenvalue weighted by molar-refractivity contribution is -0.384. The predicted molar refractivity (Wildman–Crippen MR) is 126 cm³/mol. The Morgan fingerprint density at radius 1 is 1.18 bits per heavy atom. The third kappa shape index (κ3) is 4.57. The maximum absolute atomic E-state index is 13.0. The summed E-state index contributed by atoms with van der Waals surface area (Å²) in [5.74, 6) is -1.44. The van der Waals surface area contributed by atoms with Gasteiger partial charge in [0.05, 0.1) is 38.0 Å². The van der Waals surface area contributed by atoms with Gasteiger partial charge in [0.2, 0.25) is 0 Å². The molecule has 0 bridgehead atoms. The fourth-order valence-corrected chi connectivity index (χ4v) is 3.65. The predicted octanol–water partition coefficient (Wildman–Crippen LogP) is 4.30. The van der Waals surface area contributed by atoms with Gasteiger partial charge in [-0.25, -0.2) is 9.78 Å². The lowest BCUT2D eigenvalue weighted by Gasteiger charge is -2.10. The lowest BCUT2D eigenvalue weighted by Crippen LogP contribution is -2.21. The van der Waals surface area contributed by atoms with Gasteiger partial charge in [0, 0.05) is 24.7 Å². The number of nitrogens with one attached hydrogen (secondary N) is 1. The number of aromatic nitrogens is 3. The Morgan fingerprint density at radius 3 is 2.62 bits per heavy atom. The van der Waals surface area contributed by atoms with E-state index in [4.69, 9.17) is 16.3 Å². The van der Waals surface area contributed by atoms with Gasteiger partial charge < -0.3 is 10.1 Å². The number of fused-ring (bicyclic) bond motifs is 1. The average molecular weight is 480 g/mol. The number of amides is 1. The summed E-state index contributed by atoms with van der Waals surface area (Å²) in [6, 6.07) is 14.6. The Kier molecular flexibility index (Phi) is 6.24. The first kappa shape index (κ1) is 22.9. The van der Waals surface area contributed by atoms with Crippen LogP contribution in [0.1, 0.15) is 16.1 Å². The van der Waals surface area contributed by atoms with Gasteiger partial charge in [0.25, 0.3) is 11.6 Å². The molecule has 1 amide bonds. The minimum Gasteiger partial charge on any atom is -0.452 e. The molecule has 1 N–H and O–H groups in total. The highest BCUT2D eigenvalue weighted by Crippen LogP contribution is 2.28. The van der Waals surface area contributed by atoms with Gasteiger partial charge in [-0.1, -0.05) is 41.9 Å². The molecule has 4 rings (SSSR count). The maximum atomic E-state index is 13.0. The zero-order valence-corrected chi connectivity index (χ0v) is 18.9. The number of carbonyl (C=O) groups excluding carboxylic acids is 2. The first-order valence-corrected chi connectivity index (χ1v) is 10.4. The van der Waals surface area contributed by atoms with E-state index in [9.17, 15) is 19.7 Å². The Morgan fingerprint density at radius 2 is 1.91 bits per heavy atom. The average Bonchev–Trinajstić information content (AvgIpc) is 3.12. The van der Waals surface area contributed by atoms with E-state index in [0.717, 1.165) is 11.6 Å². The molecule has 0 aliphatic heterocycles. The summed E-state index contributed by atoms with van der Waals surface area (Å²) < 4.78 is 6.82. The van der Waals surface area contributed by atoms with Crippen LogP contribution in [0.15, 0.2) is 54.6 Å². The van der Waals surface area contributed by atoms with Gasteiger partial charge in [0.1, 0.15) is 0 Å². The molecule has 0 aliphatic carbocycles. The minimum absolute atomic E-state index is 0.0395. The molecule has 0 saturated heterocycles. The number of carbonyl (C=O) groups is 2. The van der Waals surface area contributed by atoms with Crippen molar-refractivity contribution in [3.63, 3.8) is 0 Å². The van der Waals surface area contributed by atoms with E-state index in [1.165, 1.54) is 12.1 Å². The highest BCUT2D eigenvalue weighted by Gasteiger charge is 2.21. The summed E-state index contributed by atoms with van der Waals surface area (Å²) in [7, 11) is 1.72. The van der Waals surface area contributed by atoms with Crippen LogP contribution in [0.2, 0.25) is 5.02 Å². The monoisotopic (exact) mass is 479 g/mol. The number of halogens is 1. The summed E-state index contributed by atoms with van der Waals surface area (Å²) in [5.41, 5.74) is 2.46. The molecule has 0 fully saturated rings. The first-order chi connectivity index (χ1) is 16.2. The molecule has 4 aromatic rings. The van der Waals surface area contributed by atoms with Crippen molar-refractivity contribution in [2.45, 2.75) is 6.92 Å². The van der Waals surface area contributed by atoms with Crippen LogP contribution in [0.4, 0.5) is 11.4 Å². The topological polar surface area (TPSA) is 129 Å². The third-order valence-corrected chi connectivity index (χ3v) is 5.36. The number of hydrogen-bond acceptors (Lipinski definition) is 7. The second-order valence-corrected chi connectivity index (χ2v) is 7.78. The number of aryl methyl sites for hydroxylation is 2. The number of benzene rings is 2. The van der Waals surface area contributed by atoms with Crippen molar-refractivity contribution in [3.8, 4) is 11.3 Å². The van der Waals surface area contributed by atoms with Crippen LogP contribution in [0.25, 0.3) is 22.3 Å². The van der Waals surface area contributed by atoms with Crippen LogP contribution in [0.3, 0.4) is 0 Å². The van der Waals surface area contributed by atoms with E-state index >= 15 is 0 Å². The largest absolute Gasteiger partial charge is 0.452 e. The number of nitrogens with zero attached hydrogens (tertiary/aromatic N) is 4. The minimum atomic E-state index is -0.735. The third-order valence-electron chi connectivity index (χ3n) is 5.03. The number of ether oxygens (including phenoxy) is 1. The van der Waals surface area contributed by atoms with Crippen molar-refractivity contribution in [1.29, 1.82) is 0 Å². The fourth-order valence-electron chi connectivity index (χ4n) is 3.48. The number of esters is 1. The molecule has 0 saturated carbocycles. The first-order valence-electron chi connectivity index (χ1n) is 10.1. The Balaban J connectivity index is 1.58. The lowest BCUT2D eigenvalue weighted by atomic mass is 10.1. The molecule has 10 nitrogen and oxygen atoms in total. The molecule has 172 valence electrons. The quantitative estimate of drug-likeness (QED) is 0.248. The zero-order chi connectivity index (χ0) is 24.4. The summed E-state index contributed by atoms with van der Waals surface area (Å²) in [6.07, 6.45) is 0. The standard InChI is InChI=1S/C23H18ClN5O5/c1-13-21-16(11-18(14-6-4-3-5-7-14)26-22(21)28(2)27-13)23(31)34-12-20(30)25-19-10-15(29(32)33)8-9-17(19)24/h3-11H,12H2,1-2H3,(H,25,30). The van der Waals surface area contributed by atoms with Crippen LogP contribution < -0.4 is 5.32 Å². The van der Waals surface area contributed by atoms with Gasteiger partial charge in [-0.2, -0.15) is 5.10 Å². The number of rotatable bonds is 6. The number of nitro benzene ring substituents is 1. The molecule has 2 aromatic heterocycles. The molecule has 0 radical (unpaired) electrons. The molecule has 11 heteroatoms. The van der Waals surface area contributed by atoms with Crippen LogP contribution in [-0.4, -0.2) is 38.2 Å². The van der Waals surface area contributed by atoms with Gasteiger partial charge in [-0.05, 0) is 19.1 Å². The summed E-state index contributed by atoms with van der Waals surface area (Å²) in [5, 5.41) is 18.4. The molecule has 0 spiro atoms. The van der Waals surface area contributed by atoms with Gasteiger partial charge >= 0.3 is 5.97 Å². The SMILES string of the molecule is Cc1nn(C)c2nc(-c3ccccc3)cc(C(=O)OCC(=O)Nc3cc([N+](=O)[O-])ccc3Cl)c12. The van der Waals surface area contributed by atoms with Crippen molar-refractivity contribution >= 4 is 45.9 Å². The normalized spacial score (nSPS) is 10.8. The van der Waals surface area contributed by atoms with Crippen LogP contribution in [-0.2, 0) is 16.6 Å². The van der Waals surface area contributed by atoms with Crippen molar-refractivity contribution in [2.24, 2.45) is 7.05 Å². The van der Waals surface area contributed by atoms with Crippen molar-refractivity contribution in [3.05, 3.63) is 81.0 Å². The molecule has 2 aromatic carbocycles. The van der Waals surface area contributed by atoms with Crippen LogP contribution >= 0.6 is 11.6 Å². The number of nitro groups is 1. The van der Waals surface area contributed by atoms with Crippen molar-refractivity contribution in [1.82, 2.24) is 14.8 Å². The van der Waals surface area contributed by atoms with Gasteiger partial charge in [-0.3, -0.25) is 19.6 Å². The number of non-ortho nitro benzene ring substituents is 1. The van der Waals surface area contributed by atoms with Crippen LogP contribution in [0, 0.1) is 17.0 Å². The van der Waals surface area contributed by atoms with E-state index in [2.05, 4.69) is 15.4 Å². The second-order valence-electron chi connectivity index (χ2n) is 7.37. The van der Waals surface area contributed by atoms with Crippen molar-refractivity contribution < 1.29 is 19.2 Å². The Labute approximate surface area is 198 Å². The summed E-state index contributed by atoms with van der Waals surface area (Å²) >= 11 is 6.00. The molecular formula is C23H18ClN5O5. The summed E-state index contributed by atoms with van der Waals surface area (Å²) in [6.45, 7) is 1.13. The van der Waals surface area contributed by atoms with E-state index in [-0.39, 0.29) is 22.0 Å². The molecular weight excluding hydrogens is 462 g/mol. The maximum Gasteiger partial charge on any atom is 0.339 e. The van der Waals surface area contributed by atoms with Crippen molar-refractivity contribution in [2.75, 3.05) is 11.9 Å². The van der Waals surface area contributed by atoms with Crippen LogP contribution in [0.5, 0.6) is 0 Å².